The van der Waals surface area contributed by atoms with Crippen molar-refractivity contribution in [3.63, 3.8) is 0 Å². The Bertz CT molecular complexity index is 946. The quantitative estimate of drug-likeness (QED) is 0.780. The SMILES string of the molecule is Cc1ccc(NC(=O)CN2C(=O)NC(C)(c3ccc(C(C)(C)C)cc3)C2=O)nc1. The first kappa shape index (κ1) is 20.5. The van der Waals surface area contributed by atoms with Crippen LogP contribution in [0.4, 0.5) is 10.6 Å². The molecule has 1 atom stereocenters. The third kappa shape index (κ3) is 4.13. The molecular weight excluding hydrogens is 368 g/mol. The van der Waals surface area contributed by atoms with E-state index >= 15 is 0 Å². The largest absolute Gasteiger partial charge is 0.325 e. The molecule has 2 heterocycles. The molecule has 0 aliphatic carbocycles. The molecule has 3 rings (SSSR count). The summed E-state index contributed by atoms with van der Waals surface area (Å²) in [5.41, 5.74) is 1.53. The van der Waals surface area contributed by atoms with E-state index < -0.39 is 23.4 Å². The van der Waals surface area contributed by atoms with Gasteiger partial charge in [0.15, 0.2) is 0 Å². The molecule has 1 unspecified atom stereocenters. The van der Waals surface area contributed by atoms with E-state index in [9.17, 15) is 14.4 Å². The van der Waals surface area contributed by atoms with E-state index in [0.717, 1.165) is 16.0 Å². The van der Waals surface area contributed by atoms with E-state index in [2.05, 4.69) is 36.4 Å². The number of aromatic nitrogens is 1. The molecule has 29 heavy (non-hydrogen) atoms. The fraction of sp³-hybridized carbons (Fsp3) is 0.364. The first-order valence-electron chi connectivity index (χ1n) is 9.48. The van der Waals surface area contributed by atoms with Crippen LogP contribution < -0.4 is 10.6 Å². The maximum absolute atomic E-state index is 13.0. The molecule has 1 aromatic heterocycles. The van der Waals surface area contributed by atoms with Gasteiger partial charge in [-0.1, -0.05) is 51.1 Å². The lowest BCUT2D eigenvalue weighted by molar-refractivity contribution is -0.133. The summed E-state index contributed by atoms with van der Waals surface area (Å²) in [6.45, 7) is 9.48. The third-order valence-electron chi connectivity index (χ3n) is 5.08. The van der Waals surface area contributed by atoms with Crippen LogP contribution in [-0.4, -0.2) is 34.3 Å². The number of benzene rings is 1. The second-order valence-corrected chi connectivity index (χ2v) is 8.54. The van der Waals surface area contributed by atoms with Gasteiger partial charge in [-0.3, -0.25) is 14.5 Å². The first-order valence-corrected chi connectivity index (χ1v) is 9.48. The van der Waals surface area contributed by atoms with Gasteiger partial charge in [-0.15, -0.1) is 0 Å². The molecule has 4 amide bonds. The van der Waals surface area contributed by atoms with Crippen molar-refractivity contribution in [2.24, 2.45) is 0 Å². The maximum Gasteiger partial charge on any atom is 0.325 e. The summed E-state index contributed by atoms with van der Waals surface area (Å²) in [7, 11) is 0. The lowest BCUT2D eigenvalue weighted by Gasteiger charge is -2.24. The van der Waals surface area contributed by atoms with Crippen LogP contribution in [0.25, 0.3) is 0 Å². The topological polar surface area (TPSA) is 91.4 Å². The van der Waals surface area contributed by atoms with E-state index in [-0.39, 0.29) is 12.0 Å². The summed E-state index contributed by atoms with van der Waals surface area (Å²) >= 11 is 0. The molecule has 2 N–H and O–H groups in total. The van der Waals surface area contributed by atoms with E-state index in [1.165, 1.54) is 0 Å². The highest BCUT2D eigenvalue weighted by molar-refractivity contribution is 6.10. The van der Waals surface area contributed by atoms with Crippen molar-refractivity contribution in [3.8, 4) is 0 Å². The lowest BCUT2D eigenvalue weighted by Crippen LogP contribution is -2.42. The maximum atomic E-state index is 13.0. The monoisotopic (exact) mass is 394 g/mol. The van der Waals surface area contributed by atoms with E-state index in [0.29, 0.717) is 11.4 Å². The van der Waals surface area contributed by atoms with Crippen LogP contribution in [0.15, 0.2) is 42.6 Å². The van der Waals surface area contributed by atoms with Gasteiger partial charge in [0.2, 0.25) is 5.91 Å². The molecule has 0 spiro atoms. The van der Waals surface area contributed by atoms with Crippen LogP contribution in [0.3, 0.4) is 0 Å². The van der Waals surface area contributed by atoms with Crippen LogP contribution in [0, 0.1) is 6.92 Å². The number of hydrogen-bond acceptors (Lipinski definition) is 4. The molecule has 0 saturated carbocycles. The zero-order valence-corrected chi connectivity index (χ0v) is 17.4. The number of anilines is 1. The predicted molar refractivity (Wildman–Crippen MR) is 110 cm³/mol. The van der Waals surface area contributed by atoms with Crippen molar-refractivity contribution in [1.29, 1.82) is 0 Å². The fourth-order valence-corrected chi connectivity index (χ4v) is 3.21. The van der Waals surface area contributed by atoms with Crippen LogP contribution in [0.5, 0.6) is 0 Å². The smallest absolute Gasteiger partial charge is 0.319 e. The van der Waals surface area contributed by atoms with Crippen molar-refractivity contribution in [2.45, 2.75) is 45.6 Å². The zero-order chi connectivity index (χ0) is 21.4. The Morgan fingerprint density at radius 1 is 1.14 bits per heavy atom. The molecule has 1 aliphatic rings. The summed E-state index contributed by atoms with van der Waals surface area (Å²) < 4.78 is 0. The van der Waals surface area contributed by atoms with Gasteiger partial charge in [0.05, 0.1) is 0 Å². The summed E-state index contributed by atoms with van der Waals surface area (Å²) in [6.07, 6.45) is 1.63. The van der Waals surface area contributed by atoms with Crippen LogP contribution in [-0.2, 0) is 20.5 Å². The Morgan fingerprint density at radius 3 is 2.34 bits per heavy atom. The number of carbonyl (C=O) groups excluding carboxylic acids is 3. The van der Waals surface area contributed by atoms with Gasteiger partial charge < -0.3 is 10.6 Å². The molecule has 7 nitrogen and oxygen atoms in total. The minimum Gasteiger partial charge on any atom is -0.319 e. The number of imide groups is 1. The van der Waals surface area contributed by atoms with Crippen molar-refractivity contribution in [2.75, 3.05) is 11.9 Å². The number of nitrogens with zero attached hydrogens (tertiary/aromatic N) is 2. The molecule has 152 valence electrons. The van der Waals surface area contributed by atoms with Crippen molar-refractivity contribution < 1.29 is 14.4 Å². The Morgan fingerprint density at radius 2 is 1.79 bits per heavy atom. The minimum atomic E-state index is -1.21. The van der Waals surface area contributed by atoms with E-state index in [1.807, 2.05) is 37.3 Å². The Hall–Kier alpha value is -3.22. The lowest BCUT2D eigenvalue weighted by atomic mass is 9.84. The predicted octanol–water partition coefficient (Wildman–Crippen LogP) is 3.09. The number of amides is 4. The number of hydrogen-bond donors (Lipinski definition) is 2. The number of pyridine rings is 1. The summed E-state index contributed by atoms with van der Waals surface area (Å²) in [6, 6.07) is 10.5. The molecule has 0 radical (unpaired) electrons. The number of nitrogens with one attached hydrogen (secondary N) is 2. The first-order chi connectivity index (χ1) is 13.5. The van der Waals surface area contributed by atoms with Crippen LogP contribution >= 0.6 is 0 Å². The Balaban J connectivity index is 1.74. The normalized spacial score (nSPS) is 19.3. The van der Waals surface area contributed by atoms with Gasteiger partial charge in [0, 0.05) is 6.20 Å². The second kappa shape index (κ2) is 7.31. The Kier molecular flexibility index (Phi) is 5.17. The fourth-order valence-electron chi connectivity index (χ4n) is 3.21. The van der Waals surface area contributed by atoms with E-state index in [1.54, 1.807) is 19.2 Å². The summed E-state index contributed by atoms with van der Waals surface area (Å²) in [5, 5.41) is 5.33. The summed E-state index contributed by atoms with van der Waals surface area (Å²) in [4.78, 5) is 42.8. The molecular formula is C22H26N4O3. The number of aryl methyl sites for hydroxylation is 1. The average Bonchev–Trinajstić information content (AvgIpc) is 2.87. The van der Waals surface area contributed by atoms with Gasteiger partial charge >= 0.3 is 6.03 Å². The molecule has 1 saturated heterocycles. The standard InChI is InChI=1S/C22H26N4O3/c1-14-6-11-17(23-12-14)24-18(27)13-26-19(28)22(5,25-20(26)29)16-9-7-15(8-10-16)21(2,3)4/h6-12H,13H2,1-5H3,(H,25,29)(H,23,24,27). The van der Waals surface area contributed by atoms with Gasteiger partial charge in [-0.05, 0) is 42.0 Å². The summed E-state index contributed by atoms with van der Waals surface area (Å²) in [5.74, 6) is -0.580. The van der Waals surface area contributed by atoms with Crippen molar-refractivity contribution in [3.05, 3.63) is 59.3 Å². The van der Waals surface area contributed by atoms with Crippen LogP contribution in [0.1, 0.15) is 44.4 Å². The molecule has 1 fully saturated rings. The number of urea groups is 1. The zero-order valence-electron chi connectivity index (χ0n) is 17.4. The van der Waals surface area contributed by atoms with Crippen molar-refractivity contribution in [1.82, 2.24) is 15.2 Å². The highest BCUT2D eigenvalue weighted by Crippen LogP contribution is 2.31. The third-order valence-corrected chi connectivity index (χ3v) is 5.08. The highest BCUT2D eigenvalue weighted by Gasteiger charge is 2.49. The van der Waals surface area contributed by atoms with Gasteiger partial charge in [0.1, 0.15) is 17.9 Å². The van der Waals surface area contributed by atoms with Gasteiger partial charge in [0.25, 0.3) is 5.91 Å². The molecule has 1 aromatic carbocycles. The van der Waals surface area contributed by atoms with Gasteiger partial charge in [-0.2, -0.15) is 0 Å². The Labute approximate surface area is 170 Å². The number of carbonyl (C=O) groups is 3. The van der Waals surface area contributed by atoms with Crippen molar-refractivity contribution >= 4 is 23.7 Å². The molecule has 7 heteroatoms. The highest BCUT2D eigenvalue weighted by atomic mass is 16.2. The van der Waals surface area contributed by atoms with Crippen LogP contribution in [0.2, 0.25) is 0 Å². The number of rotatable bonds is 4. The minimum absolute atomic E-state index is 0.0174. The van der Waals surface area contributed by atoms with Gasteiger partial charge in [-0.25, -0.2) is 9.78 Å². The van der Waals surface area contributed by atoms with E-state index in [4.69, 9.17) is 0 Å². The molecule has 2 aromatic rings. The second-order valence-electron chi connectivity index (χ2n) is 8.54. The molecule has 0 bridgehead atoms. The molecule has 1 aliphatic heterocycles. The average molecular weight is 394 g/mol.